The van der Waals surface area contributed by atoms with Gasteiger partial charge in [-0.05, 0) is 52.1 Å². The van der Waals surface area contributed by atoms with Gasteiger partial charge < -0.3 is 15.5 Å². The van der Waals surface area contributed by atoms with E-state index in [1.54, 1.807) is 0 Å². The molecule has 2 fully saturated rings. The Kier molecular flexibility index (Phi) is 4.62. The Morgan fingerprint density at radius 2 is 2.17 bits per heavy atom. The van der Waals surface area contributed by atoms with Gasteiger partial charge in [-0.25, -0.2) is 0 Å². The first-order valence-electron chi connectivity index (χ1n) is 7.31. The summed E-state index contributed by atoms with van der Waals surface area (Å²) in [5.74, 6) is 0.996. The van der Waals surface area contributed by atoms with E-state index in [4.69, 9.17) is 5.73 Å². The molecule has 2 aliphatic rings. The molecule has 0 aromatic carbocycles. The van der Waals surface area contributed by atoms with Gasteiger partial charge in [0.2, 0.25) is 5.91 Å². The van der Waals surface area contributed by atoms with Crippen LogP contribution in [-0.4, -0.2) is 54.5 Å². The predicted octanol–water partition coefficient (Wildman–Crippen LogP) is 1.06. The molecule has 4 heteroatoms. The number of carbonyl (C=O) groups excluding carboxylic acids is 1. The average Bonchev–Trinajstić information content (AvgIpc) is 2.35. The minimum Gasteiger partial charge on any atom is -0.342 e. The number of fused-ring (bicyclic) bond motifs is 1. The van der Waals surface area contributed by atoms with Gasteiger partial charge in [-0.15, -0.1) is 0 Å². The van der Waals surface area contributed by atoms with Gasteiger partial charge in [0.15, 0.2) is 0 Å². The number of piperidine rings is 2. The number of nitrogens with two attached hydrogens (primary N) is 1. The van der Waals surface area contributed by atoms with Gasteiger partial charge in [0, 0.05) is 31.6 Å². The molecule has 1 amide bonds. The molecule has 2 heterocycles. The Bertz CT molecular complexity index is 293. The van der Waals surface area contributed by atoms with Crippen molar-refractivity contribution in [3.8, 4) is 0 Å². The van der Waals surface area contributed by atoms with Crippen molar-refractivity contribution in [3.05, 3.63) is 0 Å². The molecular formula is C14H27N3O. The Balaban J connectivity index is 1.84. The Labute approximate surface area is 110 Å². The molecule has 2 aliphatic heterocycles. The van der Waals surface area contributed by atoms with Gasteiger partial charge in [0.25, 0.3) is 0 Å². The van der Waals surface area contributed by atoms with Crippen molar-refractivity contribution in [2.75, 3.05) is 26.7 Å². The molecule has 3 unspecified atom stereocenters. The largest absolute Gasteiger partial charge is 0.342 e. The molecule has 0 bridgehead atoms. The third kappa shape index (κ3) is 3.23. The summed E-state index contributed by atoms with van der Waals surface area (Å²) in [6.45, 7) is 5.09. The van der Waals surface area contributed by atoms with Crippen molar-refractivity contribution >= 4 is 5.91 Å². The predicted molar refractivity (Wildman–Crippen MR) is 73.2 cm³/mol. The van der Waals surface area contributed by atoms with Crippen molar-refractivity contribution in [2.45, 2.75) is 51.1 Å². The minimum atomic E-state index is 0.132. The molecule has 104 valence electrons. The maximum atomic E-state index is 12.1. The Morgan fingerprint density at radius 3 is 2.89 bits per heavy atom. The second-order valence-electron chi connectivity index (χ2n) is 6.09. The molecule has 4 nitrogen and oxygen atoms in total. The number of likely N-dealkylation sites (tertiary alicyclic amines) is 2. The lowest BCUT2D eigenvalue weighted by Crippen LogP contribution is -2.53. The number of carbonyl (C=O) groups is 1. The molecule has 0 saturated carbocycles. The van der Waals surface area contributed by atoms with Gasteiger partial charge >= 0.3 is 0 Å². The van der Waals surface area contributed by atoms with Crippen LogP contribution in [-0.2, 0) is 4.79 Å². The molecule has 0 aromatic rings. The van der Waals surface area contributed by atoms with E-state index >= 15 is 0 Å². The highest BCUT2D eigenvalue weighted by atomic mass is 16.2. The van der Waals surface area contributed by atoms with Crippen molar-refractivity contribution < 1.29 is 4.79 Å². The zero-order valence-corrected chi connectivity index (χ0v) is 11.8. The van der Waals surface area contributed by atoms with Gasteiger partial charge in [-0.1, -0.05) is 0 Å². The number of nitrogens with zero attached hydrogens (tertiary/aromatic N) is 2. The quantitative estimate of drug-likeness (QED) is 0.818. The standard InChI is InChI=1S/C14H27N3O/c1-11(15)5-6-14(18)17-9-7-13-12(10-17)4-3-8-16(13)2/h11-13H,3-10,15H2,1-2H3. The summed E-state index contributed by atoms with van der Waals surface area (Å²) >= 11 is 0. The molecule has 2 N–H and O–H groups in total. The van der Waals surface area contributed by atoms with Crippen LogP contribution in [0.15, 0.2) is 0 Å². The van der Waals surface area contributed by atoms with E-state index in [0.717, 1.165) is 25.9 Å². The average molecular weight is 253 g/mol. The van der Waals surface area contributed by atoms with Crippen molar-refractivity contribution in [1.29, 1.82) is 0 Å². The lowest BCUT2D eigenvalue weighted by molar-refractivity contribution is -0.134. The summed E-state index contributed by atoms with van der Waals surface area (Å²) in [4.78, 5) is 16.7. The number of amides is 1. The van der Waals surface area contributed by atoms with E-state index in [-0.39, 0.29) is 6.04 Å². The van der Waals surface area contributed by atoms with Crippen LogP contribution in [0, 0.1) is 5.92 Å². The maximum Gasteiger partial charge on any atom is 0.222 e. The zero-order chi connectivity index (χ0) is 13.1. The highest BCUT2D eigenvalue weighted by Crippen LogP contribution is 2.29. The zero-order valence-electron chi connectivity index (χ0n) is 11.8. The lowest BCUT2D eigenvalue weighted by Gasteiger charge is -2.46. The van der Waals surface area contributed by atoms with Crippen LogP contribution in [0.25, 0.3) is 0 Å². The van der Waals surface area contributed by atoms with E-state index < -0.39 is 0 Å². The number of rotatable bonds is 3. The van der Waals surface area contributed by atoms with Gasteiger partial charge in [0.05, 0.1) is 0 Å². The molecular weight excluding hydrogens is 226 g/mol. The molecule has 0 spiro atoms. The fraction of sp³-hybridized carbons (Fsp3) is 0.929. The SMILES string of the molecule is CC(N)CCC(=O)N1CCC2C(CCCN2C)C1. The topological polar surface area (TPSA) is 49.6 Å². The lowest BCUT2D eigenvalue weighted by atomic mass is 9.84. The first-order valence-corrected chi connectivity index (χ1v) is 7.31. The summed E-state index contributed by atoms with van der Waals surface area (Å²) in [7, 11) is 2.23. The van der Waals surface area contributed by atoms with E-state index in [9.17, 15) is 4.79 Å². The van der Waals surface area contributed by atoms with E-state index in [1.165, 1.54) is 19.4 Å². The normalized spacial score (nSPS) is 30.9. The summed E-state index contributed by atoms with van der Waals surface area (Å²) < 4.78 is 0. The molecule has 0 aromatic heterocycles. The Hall–Kier alpha value is -0.610. The molecule has 2 rings (SSSR count). The van der Waals surface area contributed by atoms with Crippen LogP contribution in [0.4, 0.5) is 0 Å². The van der Waals surface area contributed by atoms with Gasteiger partial charge in [-0.3, -0.25) is 4.79 Å². The van der Waals surface area contributed by atoms with Crippen LogP contribution in [0.1, 0.15) is 39.0 Å². The van der Waals surface area contributed by atoms with Crippen LogP contribution in [0.2, 0.25) is 0 Å². The fourth-order valence-corrected chi connectivity index (χ4v) is 3.39. The third-order valence-electron chi connectivity index (χ3n) is 4.51. The fourth-order valence-electron chi connectivity index (χ4n) is 3.39. The summed E-state index contributed by atoms with van der Waals surface area (Å²) in [5, 5.41) is 0. The van der Waals surface area contributed by atoms with Crippen LogP contribution >= 0.6 is 0 Å². The van der Waals surface area contributed by atoms with Crippen LogP contribution in [0.5, 0.6) is 0 Å². The maximum absolute atomic E-state index is 12.1. The van der Waals surface area contributed by atoms with E-state index in [2.05, 4.69) is 16.8 Å². The molecule has 18 heavy (non-hydrogen) atoms. The van der Waals surface area contributed by atoms with Crippen LogP contribution in [0.3, 0.4) is 0 Å². The second kappa shape index (κ2) is 6.02. The molecule has 0 radical (unpaired) electrons. The highest BCUT2D eigenvalue weighted by molar-refractivity contribution is 5.76. The van der Waals surface area contributed by atoms with E-state index in [1.807, 2.05) is 6.92 Å². The van der Waals surface area contributed by atoms with Crippen molar-refractivity contribution in [3.63, 3.8) is 0 Å². The van der Waals surface area contributed by atoms with Crippen molar-refractivity contribution in [1.82, 2.24) is 9.80 Å². The van der Waals surface area contributed by atoms with Gasteiger partial charge in [-0.2, -0.15) is 0 Å². The van der Waals surface area contributed by atoms with Crippen molar-refractivity contribution in [2.24, 2.45) is 11.7 Å². The molecule has 0 aliphatic carbocycles. The summed E-state index contributed by atoms with van der Waals surface area (Å²) in [5.41, 5.74) is 5.72. The monoisotopic (exact) mass is 253 g/mol. The third-order valence-corrected chi connectivity index (χ3v) is 4.51. The molecule has 3 atom stereocenters. The summed E-state index contributed by atoms with van der Waals surface area (Å²) in [6.07, 6.45) is 5.13. The summed E-state index contributed by atoms with van der Waals surface area (Å²) in [6, 6.07) is 0.837. The Morgan fingerprint density at radius 1 is 1.39 bits per heavy atom. The minimum absolute atomic E-state index is 0.132. The first kappa shape index (κ1) is 13.8. The first-order chi connectivity index (χ1) is 8.58. The molecule has 2 saturated heterocycles. The number of hydrogen-bond donors (Lipinski definition) is 1. The smallest absolute Gasteiger partial charge is 0.222 e. The highest BCUT2D eigenvalue weighted by Gasteiger charge is 2.35. The van der Waals surface area contributed by atoms with E-state index in [0.29, 0.717) is 24.3 Å². The second-order valence-corrected chi connectivity index (χ2v) is 6.09. The van der Waals surface area contributed by atoms with Crippen LogP contribution < -0.4 is 5.73 Å². The van der Waals surface area contributed by atoms with Gasteiger partial charge in [0.1, 0.15) is 0 Å². The number of hydrogen-bond acceptors (Lipinski definition) is 3.